The summed E-state index contributed by atoms with van der Waals surface area (Å²) in [5, 5.41) is 3.89. The van der Waals surface area contributed by atoms with Crippen LogP contribution in [0, 0.1) is 0 Å². The van der Waals surface area contributed by atoms with Gasteiger partial charge < -0.3 is 4.57 Å². The number of aromatic nitrogens is 1. The van der Waals surface area contributed by atoms with Gasteiger partial charge in [-0.1, -0.05) is 86.1 Å². The van der Waals surface area contributed by atoms with Gasteiger partial charge in [-0.2, -0.15) is 0 Å². The zero-order valence-corrected chi connectivity index (χ0v) is 16.1. The highest BCUT2D eigenvalue weighted by atomic mass is 15.0. The molecule has 0 bridgehead atoms. The van der Waals surface area contributed by atoms with Gasteiger partial charge in [0.05, 0.1) is 11.2 Å². The van der Waals surface area contributed by atoms with Crippen molar-refractivity contribution in [3.05, 3.63) is 103 Å². The van der Waals surface area contributed by atoms with E-state index in [1.165, 1.54) is 44.2 Å². The molecule has 0 aliphatic rings. The van der Waals surface area contributed by atoms with Crippen LogP contribution in [-0.4, -0.2) is 4.57 Å². The molecule has 0 N–H and O–H groups in total. The monoisotopic (exact) mass is 361 g/mol. The van der Waals surface area contributed by atoms with Crippen LogP contribution in [0.5, 0.6) is 0 Å². The molecule has 136 valence electrons. The molecule has 0 amide bonds. The van der Waals surface area contributed by atoms with Crippen LogP contribution in [0.25, 0.3) is 38.6 Å². The maximum Gasteiger partial charge on any atom is 0.0541 e. The van der Waals surface area contributed by atoms with Crippen LogP contribution in [0.4, 0.5) is 0 Å². The molecule has 0 saturated carbocycles. The van der Waals surface area contributed by atoms with Gasteiger partial charge in [0.2, 0.25) is 0 Å². The van der Waals surface area contributed by atoms with Crippen LogP contribution in [0.15, 0.2) is 97.1 Å². The fraction of sp³-hybridized carbons (Fsp3) is 0.111. The summed E-state index contributed by atoms with van der Waals surface area (Å²) in [6.07, 6.45) is 2.27. The SMILES string of the molecule is CCCc1cccc(-n2c(-c3ccccc3)cc3c4ccccc4ccc32)c1. The van der Waals surface area contributed by atoms with E-state index in [1.807, 2.05) is 0 Å². The maximum absolute atomic E-state index is 2.41. The molecule has 5 aromatic rings. The molecule has 0 spiro atoms. The van der Waals surface area contributed by atoms with Gasteiger partial charge in [0.1, 0.15) is 0 Å². The summed E-state index contributed by atoms with van der Waals surface area (Å²) < 4.78 is 2.41. The fourth-order valence-corrected chi connectivity index (χ4v) is 4.20. The minimum Gasteiger partial charge on any atom is -0.309 e. The van der Waals surface area contributed by atoms with E-state index in [4.69, 9.17) is 0 Å². The summed E-state index contributed by atoms with van der Waals surface area (Å²) in [5.41, 5.74) is 6.35. The molecule has 0 radical (unpaired) electrons. The Morgan fingerprint density at radius 1 is 0.679 bits per heavy atom. The van der Waals surface area contributed by atoms with Gasteiger partial charge in [0, 0.05) is 11.1 Å². The average molecular weight is 361 g/mol. The Labute approximate surface area is 165 Å². The molecular weight excluding hydrogens is 338 g/mol. The molecule has 1 heterocycles. The first-order chi connectivity index (χ1) is 13.8. The van der Waals surface area contributed by atoms with Crippen LogP contribution >= 0.6 is 0 Å². The van der Waals surface area contributed by atoms with Crippen molar-refractivity contribution < 1.29 is 0 Å². The van der Waals surface area contributed by atoms with Gasteiger partial charge in [-0.15, -0.1) is 0 Å². The lowest BCUT2D eigenvalue weighted by Gasteiger charge is -2.13. The third-order valence-corrected chi connectivity index (χ3v) is 5.49. The molecule has 0 atom stereocenters. The lowest BCUT2D eigenvalue weighted by Crippen LogP contribution is -1.98. The topological polar surface area (TPSA) is 4.93 Å². The van der Waals surface area contributed by atoms with Crippen molar-refractivity contribution in [1.29, 1.82) is 0 Å². The van der Waals surface area contributed by atoms with Gasteiger partial charge in [-0.3, -0.25) is 0 Å². The van der Waals surface area contributed by atoms with E-state index in [0.717, 1.165) is 12.8 Å². The molecular formula is C27H23N. The van der Waals surface area contributed by atoms with E-state index in [9.17, 15) is 0 Å². The third-order valence-electron chi connectivity index (χ3n) is 5.49. The summed E-state index contributed by atoms with van der Waals surface area (Å²) in [6, 6.07) is 35.2. The number of hydrogen-bond donors (Lipinski definition) is 0. The van der Waals surface area contributed by atoms with Gasteiger partial charge >= 0.3 is 0 Å². The highest BCUT2D eigenvalue weighted by Gasteiger charge is 2.14. The molecule has 1 aromatic heterocycles. The zero-order valence-electron chi connectivity index (χ0n) is 16.1. The Kier molecular flexibility index (Phi) is 4.21. The minimum absolute atomic E-state index is 1.11. The van der Waals surface area contributed by atoms with Crippen molar-refractivity contribution in [2.24, 2.45) is 0 Å². The van der Waals surface area contributed by atoms with Crippen molar-refractivity contribution in [3.63, 3.8) is 0 Å². The summed E-state index contributed by atoms with van der Waals surface area (Å²) in [7, 11) is 0. The number of hydrogen-bond acceptors (Lipinski definition) is 0. The van der Waals surface area contributed by atoms with Crippen LogP contribution in [-0.2, 0) is 6.42 Å². The van der Waals surface area contributed by atoms with E-state index in [1.54, 1.807) is 0 Å². The first-order valence-corrected chi connectivity index (χ1v) is 10.0. The van der Waals surface area contributed by atoms with Gasteiger partial charge in [-0.25, -0.2) is 0 Å². The standard InChI is InChI=1S/C27H23N/c1-2-9-20-10-8-14-23(18-20)28-26-17-16-21-11-6-7-15-24(21)25(26)19-27(28)22-12-4-3-5-13-22/h3-8,10-19H,2,9H2,1H3. The second-order valence-electron chi connectivity index (χ2n) is 7.37. The molecule has 5 rings (SSSR count). The van der Waals surface area contributed by atoms with Crippen molar-refractivity contribution in [3.8, 4) is 16.9 Å². The lowest BCUT2D eigenvalue weighted by atomic mass is 10.1. The Bertz CT molecular complexity index is 1260. The summed E-state index contributed by atoms with van der Waals surface area (Å²) in [6.45, 7) is 2.24. The largest absolute Gasteiger partial charge is 0.309 e. The second kappa shape index (κ2) is 7.01. The van der Waals surface area contributed by atoms with Crippen molar-refractivity contribution >= 4 is 21.7 Å². The van der Waals surface area contributed by atoms with E-state index in [2.05, 4.69) is 109 Å². The number of fused-ring (bicyclic) bond motifs is 3. The molecule has 4 aromatic carbocycles. The first-order valence-electron chi connectivity index (χ1n) is 10.0. The van der Waals surface area contributed by atoms with Gasteiger partial charge in [0.15, 0.2) is 0 Å². The Balaban J connectivity index is 1.85. The molecule has 0 saturated heterocycles. The van der Waals surface area contributed by atoms with Crippen LogP contribution in [0.2, 0.25) is 0 Å². The Morgan fingerprint density at radius 2 is 1.50 bits per heavy atom. The Hall–Kier alpha value is -3.32. The minimum atomic E-state index is 1.11. The van der Waals surface area contributed by atoms with Crippen molar-refractivity contribution in [2.45, 2.75) is 19.8 Å². The van der Waals surface area contributed by atoms with Crippen molar-refractivity contribution in [2.75, 3.05) is 0 Å². The van der Waals surface area contributed by atoms with E-state index in [-0.39, 0.29) is 0 Å². The zero-order chi connectivity index (χ0) is 18.9. The van der Waals surface area contributed by atoms with Crippen LogP contribution in [0.1, 0.15) is 18.9 Å². The van der Waals surface area contributed by atoms with Crippen molar-refractivity contribution in [1.82, 2.24) is 4.57 Å². The second-order valence-corrected chi connectivity index (χ2v) is 7.37. The molecule has 0 aliphatic heterocycles. The van der Waals surface area contributed by atoms with Gasteiger partial charge in [-0.05, 0) is 52.6 Å². The summed E-state index contributed by atoms with van der Waals surface area (Å²) in [4.78, 5) is 0. The Morgan fingerprint density at radius 3 is 2.36 bits per heavy atom. The van der Waals surface area contributed by atoms with E-state index in [0.29, 0.717) is 0 Å². The predicted molar refractivity (Wildman–Crippen MR) is 120 cm³/mol. The third kappa shape index (κ3) is 2.80. The molecule has 0 fully saturated rings. The number of benzene rings is 4. The maximum atomic E-state index is 2.41. The lowest BCUT2D eigenvalue weighted by molar-refractivity contribution is 0.919. The highest BCUT2D eigenvalue weighted by Crippen LogP contribution is 2.35. The summed E-state index contributed by atoms with van der Waals surface area (Å²) in [5.74, 6) is 0. The van der Waals surface area contributed by atoms with Crippen LogP contribution in [0.3, 0.4) is 0 Å². The van der Waals surface area contributed by atoms with E-state index >= 15 is 0 Å². The van der Waals surface area contributed by atoms with Gasteiger partial charge in [0.25, 0.3) is 0 Å². The number of rotatable bonds is 4. The molecule has 28 heavy (non-hydrogen) atoms. The van der Waals surface area contributed by atoms with Crippen LogP contribution < -0.4 is 0 Å². The first kappa shape index (κ1) is 16.8. The average Bonchev–Trinajstić information content (AvgIpc) is 3.15. The predicted octanol–water partition coefficient (Wildman–Crippen LogP) is 7.40. The van der Waals surface area contributed by atoms with E-state index < -0.39 is 0 Å². The smallest absolute Gasteiger partial charge is 0.0541 e. The molecule has 1 nitrogen and oxygen atoms in total. The molecule has 0 aliphatic carbocycles. The molecule has 1 heteroatoms. The number of nitrogens with zero attached hydrogens (tertiary/aromatic N) is 1. The number of aryl methyl sites for hydroxylation is 1. The normalized spacial score (nSPS) is 11.3. The highest BCUT2D eigenvalue weighted by molar-refractivity contribution is 6.09. The summed E-state index contributed by atoms with van der Waals surface area (Å²) >= 11 is 0. The molecule has 0 unspecified atom stereocenters. The fourth-order valence-electron chi connectivity index (χ4n) is 4.20. The quantitative estimate of drug-likeness (QED) is 0.314.